The van der Waals surface area contributed by atoms with E-state index in [2.05, 4.69) is 71.5 Å². The van der Waals surface area contributed by atoms with Crippen molar-refractivity contribution in [1.82, 2.24) is 9.13 Å². The zero-order valence-electron chi connectivity index (χ0n) is 68.7. The molecule has 0 spiro atoms. The lowest BCUT2D eigenvalue weighted by Crippen LogP contribution is -2.61. The number of aromatic nitrogens is 2. The van der Waals surface area contributed by atoms with Gasteiger partial charge in [0.1, 0.15) is 0 Å². The van der Waals surface area contributed by atoms with Crippen molar-refractivity contribution < 1.29 is 24.7 Å². The van der Waals surface area contributed by atoms with E-state index < -0.39 is 121 Å². The Morgan fingerprint density at radius 2 is 0.774 bits per heavy atom. The molecule has 0 radical (unpaired) electrons. The first-order valence-electron chi connectivity index (χ1n) is 40.0. The summed E-state index contributed by atoms with van der Waals surface area (Å²) in [7, 11) is 0. The number of fused-ring (bicyclic) bond motifs is 10. The summed E-state index contributed by atoms with van der Waals surface area (Å²) < 4.78 is 173. The highest BCUT2D eigenvalue weighted by molar-refractivity contribution is 7.00. The quantitative estimate of drug-likeness (QED) is 0.134. The molecular formula is C88H63BN4. The van der Waals surface area contributed by atoms with E-state index in [1.165, 1.54) is 4.57 Å². The molecule has 0 saturated heterocycles. The summed E-state index contributed by atoms with van der Waals surface area (Å²) in [6.07, 6.45) is 0. The number of benzene rings is 14. The molecule has 438 valence electrons. The van der Waals surface area contributed by atoms with Crippen molar-refractivity contribution in [1.29, 1.82) is 0 Å². The van der Waals surface area contributed by atoms with Gasteiger partial charge in [-0.25, -0.2) is 0 Å². The molecule has 4 heterocycles. The minimum Gasteiger partial charge on any atom is -0.311 e. The number of hydrogen-bond donors (Lipinski definition) is 0. The Kier molecular flexibility index (Phi) is 8.97. The van der Waals surface area contributed by atoms with E-state index >= 15 is 0 Å². The van der Waals surface area contributed by atoms with Crippen LogP contribution in [0.15, 0.2) is 327 Å². The second-order valence-electron chi connectivity index (χ2n) is 24.7. The van der Waals surface area contributed by atoms with E-state index in [1.807, 2.05) is 170 Å². The second kappa shape index (κ2) is 21.5. The Morgan fingerprint density at radius 3 is 1.33 bits per heavy atom. The lowest BCUT2D eigenvalue weighted by molar-refractivity contribution is 0.591. The van der Waals surface area contributed by atoms with Gasteiger partial charge in [-0.2, -0.15) is 0 Å². The van der Waals surface area contributed by atoms with Crippen LogP contribution in [0.5, 0.6) is 0 Å². The summed E-state index contributed by atoms with van der Waals surface area (Å²) >= 11 is 0. The maximum Gasteiger partial charge on any atom is 0.252 e. The predicted molar refractivity (Wildman–Crippen MR) is 395 cm³/mol. The molecule has 16 aromatic rings. The number of hydrogen-bond acceptors (Lipinski definition) is 2. The minimum absolute atomic E-state index is 0.0809. The fourth-order valence-corrected chi connectivity index (χ4v) is 14.3. The Labute approximate surface area is 568 Å². The van der Waals surface area contributed by atoms with Crippen molar-refractivity contribution in [3.8, 4) is 67.0 Å². The third kappa shape index (κ3) is 8.75. The van der Waals surface area contributed by atoms with Crippen LogP contribution in [0.4, 0.5) is 34.1 Å². The van der Waals surface area contributed by atoms with E-state index in [1.54, 1.807) is 12.1 Å². The molecule has 0 unspecified atom stereocenters. The normalized spacial score (nSPS) is 15.3. The van der Waals surface area contributed by atoms with Crippen LogP contribution < -0.4 is 26.2 Å². The van der Waals surface area contributed by atoms with Gasteiger partial charge in [0.05, 0.1) is 63.8 Å². The highest BCUT2D eigenvalue weighted by Crippen LogP contribution is 2.54. The monoisotopic (exact) mass is 1200 g/mol. The van der Waals surface area contributed by atoms with Crippen LogP contribution >= 0.6 is 0 Å². The average Bonchev–Trinajstić information content (AvgIpc) is 1.64. The van der Waals surface area contributed by atoms with Gasteiger partial charge in [-0.05, 0) is 151 Å². The highest BCUT2D eigenvalue weighted by atomic mass is 15.2. The molecule has 0 N–H and O–H groups in total. The largest absolute Gasteiger partial charge is 0.311 e. The summed E-state index contributed by atoms with van der Waals surface area (Å²) in [6, 6.07) is 61.4. The zero-order valence-corrected chi connectivity index (χ0v) is 50.7. The second-order valence-corrected chi connectivity index (χ2v) is 24.7. The fraction of sp³-hybridized carbons (Fsp3) is 0.0455. The minimum atomic E-state index is -0.898. The number of para-hydroxylation sites is 4. The first-order chi connectivity index (χ1) is 53.3. The Balaban J connectivity index is 1.12. The maximum absolute atomic E-state index is 10.1. The van der Waals surface area contributed by atoms with Gasteiger partial charge < -0.3 is 18.9 Å². The van der Waals surface area contributed by atoms with Crippen LogP contribution in [-0.4, -0.2) is 15.8 Å². The van der Waals surface area contributed by atoms with Crippen molar-refractivity contribution in [2.75, 3.05) is 9.80 Å². The molecule has 0 atom stereocenters. The van der Waals surface area contributed by atoms with Gasteiger partial charge in [-0.15, -0.1) is 0 Å². The lowest BCUT2D eigenvalue weighted by Gasteiger charge is -2.46. The SMILES string of the molecule is [2H]c1c([2H])c([2H])c(-c2ccc3c(c2)N(c2c(-c4ccccc4)cc(C(C)(C)C)cc2-c2ccccc2)c2cc(-n4c5c([2H])c([2H])c([2H])c([2H])c5c5c([2H])c([2H])c([2H])c([2H])c54)cc4c2B3c2ccc(-c3c([2H])c([2H])c([2H])c([2H])c3[2H])cc2N4c2cc(-c3ccccc3)cc3c2c2ccccc2n3-c2ccccc2)c([2H])c1[2H]. The third-order valence-corrected chi connectivity index (χ3v) is 18.4. The van der Waals surface area contributed by atoms with Crippen LogP contribution in [-0.2, 0) is 5.41 Å². The van der Waals surface area contributed by atoms with E-state index in [9.17, 15) is 16.4 Å². The van der Waals surface area contributed by atoms with Crippen LogP contribution in [0, 0.1) is 0 Å². The molecule has 4 nitrogen and oxygen atoms in total. The number of nitrogens with zero attached hydrogens (tertiary/aromatic N) is 4. The molecular weight excluding hydrogens is 1120 g/mol. The van der Waals surface area contributed by atoms with Gasteiger partial charge in [0, 0.05) is 61.1 Å². The summed E-state index contributed by atoms with van der Waals surface area (Å²) in [4.78, 5) is 4.25. The predicted octanol–water partition coefficient (Wildman–Crippen LogP) is 21.6. The maximum atomic E-state index is 10.1. The lowest BCUT2D eigenvalue weighted by atomic mass is 9.33. The van der Waals surface area contributed by atoms with Crippen molar-refractivity contribution in [2.24, 2.45) is 0 Å². The van der Waals surface area contributed by atoms with Crippen molar-refractivity contribution >= 4 is 101 Å². The van der Waals surface area contributed by atoms with Crippen LogP contribution in [0.3, 0.4) is 0 Å². The Morgan fingerprint density at radius 1 is 0.312 bits per heavy atom. The molecule has 2 aliphatic rings. The van der Waals surface area contributed by atoms with Gasteiger partial charge in [0.25, 0.3) is 6.71 Å². The molecule has 5 heteroatoms. The van der Waals surface area contributed by atoms with Gasteiger partial charge in [0.2, 0.25) is 0 Å². The van der Waals surface area contributed by atoms with Gasteiger partial charge in [-0.1, -0.05) is 269 Å². The number of anilines is 6. The van der Waals surface area contributed by atoms with Crippen molar-refractivity contribution in [3.63, 3.8) is 0 Å². The molecule has 14 aromatic carbocycles. The molecule has 0 amide bonds. The molecule has 0 saturated carbocycles. The molecule has 0 bridgehead atoms. The first kappa shape index (κ1) is 38.8. The topological polar surface area (TPSA) is 16.3 Å². The van der Waals surface area contributed by atoms with Gasteiger partial charge in [0.15, 0.2) is 0 Å². The van der Waals surface area contributed by atoms with Crippen LogP contribution in [0.2, 0.25) is 0 Å². The zero-order chi connectivity index (χ0) is 77.6. The number of rotatable bonds is 9. The van der Waals surface area contributed by atoms with E-state index in [-0.39, 0.29) is 49.7 Å². The van der Waals surface area contributed by atoms with Crippen LogP contribution in [0.25, 0.3) is 111 Å². The Hall–Kier alpha value is -11.7. The average molecular weight is 1210 g/mol. The van der Waals surface area contributed by atoms with E-state index in [4.69, 9.17) is 8.22 Å². The first-order valence-corrected chi connectivity index (χ1v) is 31.0. The molecule has 2 aliphatic heterocycles. The summed E-state index contributed by atoms with van der Waals surface area (Å²) in [5, 5.41) is 1.24. The molecule has 2 aromatic heterocycles. The molecule has 0 fully saturated rings. The highest BCUT2D eigenvalue weighted by Gasteiger charge is 2.46. The molecule has 0 aliphatic carbocycles. The van der Waals surface area contributed by atoms with Crippen LogP contribution in [0.1, 0.15) is 51.0 Å². The van der Waals surface area contributed by atoms with Crippen molar-refractivity contribution in [3.05, 3.63) is 333 Å². The van der Waals surface area contributed by atoms with Crippen molar-refractivity contribution in [2.45, 2.75) is 26.2 Å². The van der Waals surface area contributed by atoms with E-state index in [0.29, 0.717) is 50.5 Å². The van der Waals surface area contributed by atoms with Gasteiger partial charge in [-0.3, -0.25) is 0 Å². The van der Waals surface area contributed by atoms with E-state index in [0.717, 1.165) is 66.4 Å². The Bertz CT molecular complexity index is 6550. The van der Waals surface area contributed by atoms with Gasteiger partial charge >= 0.3 is 0 Å². The molecule has 93 heavy (non-hydrogen) atoms. The third-order valence-electron chi connectivity index (χ3n) is 18.4. The molecule has 18 rings (SSSR count). The summed E-state index contributed by atoms with van der Waals surface area (Å²) in [6.45, 7) is 5.53. The summed E-state index contributed by atoms with van der Waals surface area (Å²) in [5.74, 6) is 0. The fourth-order valence-electron chi connectivity index (χ4n) is 14.3. The smallest absolute Gasteiger partial charge is 0.252 e. The standard InChI is InChI=1S/C88H63BN4/c1-88(2,3)66-54-72(61-34-16-7-17-35-61)87(73(55-66)62-36-18-8-19-37-62)93-80-51-64(59-30-12-5-13-31-59)47-49-75(80)89-74-48-46-63(58-28-10-4-11-29-58)50-79(74)92(83-56-68(57-84(93)86(83)89)91-76-43-25-22-40-69(76)70-41-23-26-44-77(70)91)82-53-65(60-32-14-6-15-33-60)52-81-85(82)71-42-24-27-45-78(71)90(81)67-38-20-9-21-39-67/h4-57H,1-3H3/i4D,5D,10D,11D,12D,13D,22D,23D,25D,26D,28D,29D,30D,31D,40D,41D,43D,44D. The summed E-state index contributed by atoms with van der Waals surface area (Å²) in [5.41, 5.74) is 12.7.